The topological polar surface area (TPSA) is 139 Å². The Morgan fingerprint density at radius 3 is 2.71 bits per heavy atom. The molecule has 21 heavy (non-hydrogen) atoms. The number of carbonyl (C=O) groups is 1. The number of hydrogen-bond acceptors (Lipinski definition) is 4. The van der Waals surface area contributed by atoms with Gasteiger partial charge in [0, 0.05) is 11.4 Å². The molecule has 8 nitrogen and oxygen atoms in total. The second-order valence-electron chi connectivity index (χ2n) is 4.54. The van der Waals surface area contributed by atoms with Crippen LogP contribution in [0.3, 0.4) is 0 Å². The van der Waals surface area contributed by atoms with Crippen molar-refractivity contribution in [3.8, 4) is 0 Å². The van der Waals surface area contributed by atoms with Crippen molar-refractivity contribution < 1.29 is 24.3 Å². The molecule has 0 saturated heterocycles. The zero-order valence-corrected chi connectivity index (χ0v) is 12.3. The van der Waals surface area contributed by atoms with Gasteiger partial charge in [0.05, 0.1) is 11.0 Å². The predicted molar refractivity (Wildman–Crippen MR) is 76.1 cm³/mol. The van der Waals surface area contributed by atoms with Crippen LogP contribution in [-0.4, -0.2) is 36.5 Å². The van der Waals surface area contributed by atoms with Gasteiger partial charge >= 0.3 is 13.6 Å². The fraction of sp³-hybridized carbons (Fsp3) is 0.273. The number of aromatic nitrogens is 2. The number of imidazole rings is 1. The number of rotatable bonds is 5. The van der Waals surface area contributed by atoms with E-state index in [1.807, 2.05) is 0 Å². The van der Waals surface area contributed by atoms with Gasteiger partial charge in [-0.2, -0.15) is 0 Å². The Hall–Kier alpha value is -1.44. The van der Waals surface area contributed by atoms with Gasteiger partial charge in [-0.15, -0.1) is 0 Å². The number of fused-ring (bicyclic) bond motifs is 1. The Bertz CT molecular complexity index is 741. The lowest BCUT2D eigenvalue weighted by molar-refractivity contribution is -0.138. The van der Waals surface area contributed by atoms with Crippen LogP contribution in [0.2, 0.25) is 5.02 Å². The number of carboxylic acids is 1. The molecule has 2 aromatic rings. The molecule has 5 N–H and O–H groups in total. The summed E-state index contributed by atoms with van der Waals surface area (Å²) in [6, 6.07) is 3.44. The highest BCUT2D eigenvalue weighted by Gasteiger charge is 2.23. The van der Waals surface area contributed by atoms with Crippen LogP contribution in [0.25, 0.3) is 11.0 Å². The monoisotopic (exact) mass is 333 g/mol. The normalized spacial score (nSPS) is 13.5. The summed E-state index contributed by atoms with van der Waals surface area (Å²) in [5.74, 6) is -1.03. The van der Waals surface area contributed by atoms with E-state index >= 15 is 0 Å². The third-order valence-corrected chi connectivity index (χ3v) is 3.72. The van der Waals surface area contributed by atoms with Gasteiger partial charge in [0.15, 0.2) is 0 Å². The van der Waals surface area contributed by atoms with Gasteiger partial charge < -0.3 is 25.2 Å². The molecule has 0 bridgehead atoms. The van der Waals surface area contributed by atoms with E-state index in [9.17, 15) is 9.36 Å². The maximum Gasteiger partial charge on any atom is 0.345 e. The summed E-state index contributed by atoms with van der Waals surface area (Å²) in [5, 5.41) is 9.26. The summed E-state index contributed by atoms with van der Waals surface area (Å²) in [5.41, 5.74) is 6.33. The molecule has 114 valence electrons. The molecule has 0 saturated carbocycles. The molecule has 1 aromatic carbocycles. The molecule has 0 unspecified atom stereocenters. The van der Waals surface area contributed by atoms with Gasteiger partial charge in [0.25, 0.3) is 0 Å². The van der Waals surface area contributed by atoms with Crippen LogP contribution in [0.15, 0.2) is 18.2 Å². The second kappa shape index (κ2) is 5.75. The van der Waals surface area contributed by atoms with Crippen LogP contribution in [0.1, 0.15) is 5.82 Å². The van der Waals surface area contributed by atoms with Crippen LogP contribution in [0, 0.1) is 0 Å². The number of hydrogen-bond donors (Lipinski definition) is 4. The molecule has 1 atom stereocenters. The van der Waals surface area contributed by atoms with Crippen LogP contribution in [0.4, 0.5) is 0 Å². The van der Waals surface area contributed by atoms with Crippen LogP contribution in [0.5, 0.6) is 0 Å². The van der Waals surface area contributed by atoms with Crippen molar-refractivity contribution in [2.75, 3.05) is 0 Å². The molecule has 1 aromatic heterocycles. The molecule has 0 aliphatic heterocycles. The summed E-state index contributed by atoms with van der Waals surface area (Å²) in [6.07, 6.45) is -0.756. The van der Waals surface area contributed by atoms with Crippen LogP contribution >= 0.6 is 19.2 Å². The average molecular weight is 334 g/mol. The number of halogens is 1. The third kappa shape index (κ3) is 3.81. The molecular formula is C11H13ClN3O5P. The van der Waals surface area contributed by atoms with E-state index in [-0.39, 0.29) is 12.2 Å². The average Bonchev–Trinajstić information content (AvgIpc) is 2.64. The first-order chi connectivity index (χ1) is 9.67. The fourth-order valence-electron chi connectivity index (χ4n) is 1.93. The Morgan fingerprint density at radius 2 is 2.14 bits per heavy atom. The van der Waals surface area contributed by atoms with Gasteiger partial charge in [-0.05, 0) is 18.2 Å². The van der Waals surface area contributed by atoms with Crippen molar-refractivity contribution in [2.24, 2.45) is 5.73 Å². The Kier molecular flexibility index (Phi) is 4.36. The quantitative estimate of drug-likeness (QED) is 0.593. The van der Waals surface area contributed by atoms with Crippen molar-refractivity contribution in [1.29, 1.82) is 0 Å². The van der Waals surface area contributed by atoms with E-state index in [1.54, 1.807) is 12.1 Å². The molecule has 0 fully saturated rings. The second-order valence-corrected chi connectivity index (χ2v) is 6.59. The molecule has 0 radical (unpaired) electrons. The zero-order valence-electron chi connectivity index (χ0n) is 10.7. The number of benzene rings is 1. The number of nitrogens with two attached hydrogens (primary N) is 1. The van der Waals surface area contributed by atoms with E-state index in [0.717, 1.165) is 0 Å². The van der Waals surface area contributed by atoms with Gasteiger partial charge in [-0.1, -0.05) is 11.6 Å². The highest BCUT2D eigenvalue weighted by molar-refractivity contribution is 7.50. The van der Waals surface area contributed by atoms with Crippen molar-refractivity contribution in [3.63, 3.8) is 0 Å². The minimum Gasteiger partial charge on any atom is -0.480 e. The van der Waals surface area contributed by atoms with E-state index in [0.29, 0.717) is 16.1 Å². The first-order valence-electron chi connectivity index (χ1n) is 5.85. The van der Waals surface area contributed by atoms with E-state index in [1.165, 1.54) is 10.6 Å². The standard InChI is InChI=1S/C11H13ClN3O5P/c12-6-1-2-9-8(3-6)14-10(4-7(13)11(16)17)15(9)5-21(18,19)20/h1-3,7H,4-5,13H2,(H,16,17)(H2,18,19,20)/t7-/m1/s1. The summed E-state index contributed by atoms with van der Waals surface area (Å²) in [7, 11) is -4.36. The Morgan fingerprint density at radius 1 is 1.48 bits per heavy atom. The maximum atomic E-state index is 11.3. The molecule has 0 aliphatic rings. The Labute approximate surface area is 124 Å². The Balaban J connectivity index is 2.53. The first-order valence-corrected chi connectivity index (χ1v) is 8.02. The van der Waals surface area contributed by atoms with Crippen molar-refractivity contribution in [1.82, 2.24) is 9.55 Å². The maximum absolute atomic E-state index is 11.3. The number of nitrogens with zero attached hydrogens (tertiary/aromatic N) is 2. The minimum atomic E-state index is -4.36. The largest absolute Gasteiger partial charge is 0.480 e. The SMILES string of the molecule is N[C@H](Cc1nc2cc(Cl)ccc2n1CP(=O)(O)O)C(=O)O. The van der Waals surface area contributed by atoms with Crippen molar-refractivity contribution >= 4 is 36.2 Å². The summed E-state index contributed by atoms with van der Waals surface area (Å²) in [4.78, 5) is 33.3. The van der Waals surface area contributed by atoms with Gasteiger partial charge in [0.1, 0.15) is 18.2 Å². The fourth-order valence-corrected chi connectivity index (χ4v) is 2.79. The third-order valence-electron chi connectivity index (χ3n) is 2.83. The number of aliphatic carboxylic acids is 1. The molecule has 2 rings (SSSR count). The molecule has 0 amide bonds. The van der Waals surface area contributed by atoms with Gasteiger partial charge in [-0.25, -0.2) is 4.98 Å². The zero-order chi connectivity index (χ0) is 15.8. The summed E-state index contributed by atoms with van der Waals surface area (Å²) in [6.45, 7) is 0. The van der Waals surface area contributed by atoms with Gasteiger partial charge in [0.2, 0.25) is 0 Å². The molecule has 10 heteroatoms. The predicted octanol–water partition coefficient (Wildman–Crippen LogP) is 0.779. The van der Waals surface area contributed by atoms with E-state index in [4.69, 9.17) is 32.2 Å². The summed E-state index contributed by atoms with van der Waals surface area (Å²) >= 11 is 5.85. The minimum absolute atomic E-state index is 0.151. The number of carboxylic acid groups (broad SMARTS) is 1. The first kappa shape index (κ1) is 15.9. The van der Waals surface area contributed by atoms with Gasteiger partial charge in [-0.3, -0.25) is 9.36 Å². The highest BCUT2D eigenvalue weighted by Crippen LogP contribution is 2.38. The molecular weight excluding hydrogens is 321 g/mol. The van der Waals surface area contributed by atoms with Crippen LogP contribution < -0.4 is 5.73 Å². The van der Waals surface area contributed by atoms with Crippen LogP contribution in [-0.2, 0) is 22.1 Å². The van der Waals surface area contributed by atoms with E-state index < -0.39 is 25.9 Å². The van der Waals surface area contributed by atoms with Crippen molar-refractivity contribution in [3.05, 3.63) is 29.0 Å². The van der Waals surface area contributed by atoms with E-state index in [2.05, 4.69) is 4.98 Å². The molecule has 0 spiro atoms. The smallest absolute Gasteiger partial charge is 0.345 e. The lowest BCUT2D eigenvalue weighted by Gasteiger charge is -2.12. The summed E-state index contributed by atoms with van der Waals surface area (Å²) < 4.78 is 12.5. The van der Waals surface area contributed by atoms with Crippen molar-refractivity contribution in [2.45, 2.75) is 18.7 Å². The molecule has 1 heterocycles. The highest BCUT2D eigenvalue weighted by atomic mass is 35.5. The lowest BCUT2D eigenvalue weighted by Crippen LogP contribution is -2.33. The molecule has 0 aliphatic carbocycles. The lowest BCUT2D eigenvalue weighted by atomic mass is 10.2.